The van der Waals surface area contributed by atoms with Crippen molar-refractivity contribution in [2.24, 2.45) is 0 Å². The van der Waals surface area contributed by atoms with E-state index in [1.165, 1.54) is 12.1 Å². The lowest BCUT2D eigenvalue weighted by atomic mass is 10.2. The molecule has 0 atom stereocenters. The van der Waals surface area contributed by atoms with Crippen LogP contribution < -0.4 is 15.1 Å². The Labute approximate surface area is 177 Å². The molecule has 0 saturated carbocycles. The Bertz CT molecular complexity index is 822. The van der Waals surface area contributed by atoms with Crippen LogP contribution in [-0.4, -0.2) is 69.8 Å². The smallest absolute Gasteiger partial charge is 0.238 e. The van der Waals surface area contributed by atoms with Gasteiger partial charge in [0.2, 0.25) is 5.91 Å². The third kappa shape index (κ3) is 5.49. The third-order valence-corrected chi connectivity index (χ3v) is 5.67. The van der Waals surface area contributed by atoms with Gasteiger partial charge in [-0.25, -0.2) is 4.39 Å². The quantitative estimate of drug-likeness (QED) is 0.819. The van der Waals surface area contributed by atoms with Gasteiger partial charge in [0, 0.05) is 56.3 Å². The Morgan fingerprint density at radius 1 is 0.833 bits per heavy atom. The van der Waals surface area contributed by atoms with Gasteiger partial charge in [-0.2, -0.15) is 0 Å². The first-order valence-corrected chi connectivity index (χ1v) is 10.6. The lowest BCUT2D eigenvalue weighted by Crippen LogP contribution is -2.36. The molecular weight excluding hydrogens is 383 g/mol. The average Bonchev–Trinajstić information content (AvgIpc) is 3.01. The molecule has 0 aliphatic carbocycles. The zero-order valence-corrected chi connectivity index (χ0v) is 17.2. The lowest BCUT2D eigenvalue weighted by Gasteiger charge is -2.29. The second-order valence-corrected chi connectivity index (χ2v) is 7.79. The first-order chi connectivity index (χ1) is 14.7. The van der Waals surface area contributed by atoms with E-state index in [0.29, 0.717) is 6.54 Å². The molecule has 2 aromatic rings. The largest absolute Gasteiger partial charge is 0.378 e. The molecule has 2 aliphatic heterocycles. The highest BCUT2D eigenvalue weighted by atomic mass is 19.1. The summed E-state index contributed by atoms with van der Waals surface area (Å²) >= 11 is 0. The lowest BCUT2D eigenvalue weighted by molar-refractivity contribution is -0.117. The van der Waals surface area contributed by atoms with Crippen molar-refractivity contribution >= 4 is 23.0 Å². The Morgan fingerprint density at radius 3 is 2.17 bits per heavy atom. The van der Waals surface area contributed by atoms with E-state index in [1.807, 2.05) is 36.4 Å². The van der Waals surface area contributed by atoms with Gasteiger partial charge in [0.25, 0.3) is 0 Å². The average molecular weight is 413 g/mol. The highest BCUT2D eigenvalue weighted by Crippen LogP contribution is 2.20. The summed E-state index contributed by atoms with van der Waals surface area (Å²) in [6.45, 7) is 7.11. The highest BCUT2D eigenvalue weighted by Gasteiger charge is 2.18. The summed E-state index contributed by atoms with van der Waals surface area (Å²) in [6, 6.07) is 14.6. The van der Waals surface area contributed by atoms with Crippen molar-refractivity contribution < 1.29 is 13.9 Å². The first kappa shape index (κ1) is 20.6. The minimum atomic E-state index is -0.218. The van der Waals surface area contributed by atoms with Crippen LogP contribution in [0.3, 0.4) is 0 Å². The van der Waals surface area contributed by atoms with E-state index in [1.54, 1.807) is 0 Å². The molecule has 6 nitrogen and oxygen atoms in total. The van der Waals surface area contributed by atoms with Crippen LogP contribution in [0.2, 0.25) is 0 Å². The van der Waals surface area contributed by atoms with Crippen LogP contribution in [0, 0.1) is 5.82 Å². The van der Waals surface area contributed by atoms with Crippen LogP contribution in [0.25, 0.3) is 0 Å². The number of benzene rings is 2. The van der Waals surface area contributed by atoms with Crippen LogP contribution in [0.5, 0.6) is 0 Å². The number of halogens is 1. The molecule has 0 spiro atoms. The number of hydrogen-bond donors (Lipinski definition) is 1. The third-order valence-electron chi connectivity index (χ3n) is 5.67. The molecule has 30 heavy (non-hydrogen) atoms. The number of amides is 1. The number of nitrogens with zero attached hydrogens (tertiary/aromatic N) is 3. The van der Waals surface area contributed by atoms with Crippen LogP contribution >= 0.6 is 0 Å². The van der Waals surface area contributed by atoms with Crippen molar-refractivity contribution in [2.75, 3.05) is 74.1 Å². The maximum absolute atomic E-state index is 13.2. The van der Waals surface area contributed by atoms with Crippen molar-refractivity contribution in [3.05, 3.63) is 54.3 Å². The summed E-state index contributed by atoms with van der Waals surface area (Å²) in [5.74, 6) is -0.214. The van der Waals surface area contributed by atoms with E-state index in [2.05, 4.69) is 20.0 Å². The Balaban J connectivity index is 1.26. The molecule has 0 radical (unpaired) electrons. The molecule has 2 saturated heterocycles. The van der Waals surface area contributed by atoms with Gasteiger partial charge in [-0.15, -0.1) is 0 Å². The van der Waals surface area contributed by atoms with Crippen LogP contribution in [0.15, 0.2) is 48.5 Å². The molecule has 0 bridgehead atoms. The van der Waals surface area contributed by atoms with Crippen molar-refractivity contribution in [1.29, 1.82) is 0 Å². The van der Waals surface area contributed by atoms with E-state index in [-0.39, 0.29) is 11.7 Å². The van der Waals surface area contributed by atoms with Gasteiger partial charge in [0.1, 0.15) is 5.82 Å². The molecule has 7 heteroatoms. The zero-order valence-electron chi connectivity index (χ0n) is 17.2. The van der Waals surface area contributed by atoms with E-state index in [0.717, 1.165) is 76.0 Å². The summed E-state index contributed by atoms with van der Waals surface area (Å²) in [6.07, 6.45) is 0.971. The van der Waals surface area contributed by atoms with E-state index in [9.17, 15) is 9.18 Å². The minimum Gasteiger partial charge on any atom is -0.378 e. The molecule has 2 heterocycles. The van der Waals surface area contributed by atoms with Crippen LogP contribution in [-0.2, 0) is 9.53 Å². The molecule has 1 amide bonds. The summed E-state index contributed by atoms with van der Waals surface area (Å²) in [5, 5.41) is 3.01. The molecule has 1 N–H and O–H groups in total. The molecule has 2 aliphatic rings. The molecular formula is C23H29FN4O2. The maximum Gasteiger partial charge on any atom is 0.238 e. The molecule has 0 aromatic heterocycles. The van der Waals surface area contributed by atoms with Gasteiger partial charge < -0.3 is 19.9 Å². The number of morpholine rings is 1. The molecule has 4 rings (SSSR count). The summed E-state index contributed by atoms with van der Waals surface area (Å²) in [5.41, 5.74) is 3.01. The fourth-order valence-electron chi connectivity index (χ4n) is 4.02. The van der Waals surface area contributed by atoms with Gasteiger partial charge >= 0.3 is 0 Å². The van der Waals surface area contributed by atoms with Gasteiger partial charge in [-0.3, -0.25) is 9.69 Å². The van der Waals surface area contributed by atoms with Crippen LogP contribution in [0.4, 0.5) is 21.5 Å². The number of hydrogen-bond acceptors (Lipinski definition) is 5. The monoisotopic (exact) mass is 412 g/mol. The number of nitrogens with one attached hydrogen (secondary N) is 1. The Kier molecular flexibility index (Phi) is 6.81. The number of ether oxygens (including phenoxy) is 1. The summed E-state index contributed by atoms with van der Waals surface area (Å²) in [7, 11) is 0. The molecule has 0 unspecified atom stereocenters. The van der Waals surface area contributed by atoms with Crippen molar-refractivity contribution in [1.82, 2.24) is 4.90 Å². The predicted octanol–water partition coefficient (Wildman–Crippen LogP) is 2.81. The van der Waals surface area contributed by atoms with Crippen molar-refractivity contribution in [2.45, 2.75) is 6.42 Å². The maximum atomic E-state index is 13.2. The Morgan fingerprint density at radius 2 is 1.47 bits per heavy atom. The summed E-state index contributed by atoms with van der Waals surface area (Å²) in [4.78, 5) is 19.3. The van der Waals surface area contributed by atoms with E-state index >= 15 is 0 Å². The minimum absolute atomic E-state index is 0.00403. The Hall–Kier alpha value is -2.64. The normalized spacial score (nSPS) is 18.2. The fourth-order valence-corrected chi connectivity index (χ4v) is 4.02. The van der Waals surface area contributed by atoms with Gasteiger partial charge in [0.15, 0.2) is 0 Å². The zero-order chi connectivity index (χ0) is 20.8. The van der Waals surface area contributed by atoms with Gasteiger partial charge in [-0.1, -0.05) is 0 Å². The molecule has 2 fully saturated rings. The van der Waals surface area contributed by atoms with Gasteiger partial charge in [-0.05, 0) is 55.0 Å². The number of carbonyl (C=O) groups excluding carboxylic acids is 1. The SMILES string of the molecule is O=C(CN1CCCN(c2ccc(F)cc2)CC1)Nc1ccc(N2CCOCC2)cc1. The molecule has 160 valence electrons. The van der Waals surface area contributed by atoms with Gasteiger partial charge in [0.05, 0.1) is 19.8 Å². The summed E-state index contributed by atoms with van der Waals surface area (Å²) < 4.78 is 18.6. The second-order valence-electron chi connectivity index (χ2n) is 7.79. The number of carbonyl (C=O) groups is 1. The topological polar surface area (TPSA) is 48.1 Å². The molecule has 2 aromatic carbocycles. The number of rotatable bonds is 5. The number of anilines is 3. The van der Waals surface area contributed by atoms with E-state index in [4.69, 9.17) is 4.74 Å². The first-order valence-electron chi connectivity index (χ1n) is 10.6. The second kappa shape index (κ2) is 9.91. The predicted molar refractivity (Wildman–Crippen MR) is 118 cm³/mol. The van der Waals surface area contributed by atoms with Crippen molar-refractivity contribution in [3.8, 4) is 0 Å². The standard InChI is InChI=1S/C23H29FN4O2/c24-19-2-6-21(7-3-19)27-11-1-10-26(12-13-27)18-23(29)25-20-4-8-22(9-5-20)28-14-16-30-17-15-28/h2-9H,1,10-18H2,(H,25,29). The van der Waals surface area contributed by atoms with E-state index < -0.39 is 0 Å². The highest BCUT2D eigenvalue weighted by molar-refractivity contribution is 5.92. The van der Waals surface area contributed by atoms with Crippen molar-refractivity contribution in [3.63, 3.8) is 0 Å². The van der Waals surface area contributed by atoms with Crippen LogP contribution in [0.1, 0.15) is 6.42 Å². The fraction of sp³-hybridized carbons (Fsp3) is 0.435.